The van der Waals surface area contributed by atoms with Crippen LogP contribution in [-0.2, 0) is 0 Å². The summed E-state index contributed by atoms with van der Waals surface area (Å²) in [6.07, 6.45) is 4.99. The molecule has 0 fully saturated rings. The molecular weight excluding hydrogens is 246 g/mol. The van der Waals surface area contributed by atoms with Crippen molar-refractivity contribution in [3.63, 3.8) is 0 Å². The fourth-order valence-corrected chi connectivity index (χ4v) is 2.43. The maximum atomic E-state index is 13.8. The Hall–Kier alpha value is -1.00. The predicted octanol–water partition coefficient (Wildman–Crippen LogP) is 4.08. The highest BCUT2D eigenvalue weighted by molar-refractivity contribution is 5.23. The van der Waals surface area contributed by atoms with Gasteiger partial charge >= 0.3 is 0 Å². The molecule has 19 heavy (non-hydrogen) atoms. The van der Waals surface area contributed by atoms with Crippen LogP contribution in [0.5, 0.6) is 0 Å². The Morgan fingerprint density at radius 2 is 1.84 bits per heavy atom. The zero-order valence-corrected chi connectivity index (χ0v) is 11.8. The van der Waals surface area contributed by atoms with E-state index in [1.165, 1.54) is 18.2 Å². The minimum absolute atomic E-state index is 0.0555. The first-order valence-electron chi connectivity index (χ1n) is 7.04. The Morgan fingerprint density at radius 3 is 2.32 bits per heavy atom. The van der Waals surface area contributed by atoms with Crippen molar-refractivity contribution in [1.29, 1.82) is 0 Å². The van der Waals surface area contributed by atoms with E-state index in [1.807, 2.05) is 0 Å². The third kappa shape index (κ3) is 4.55. The van der Waals surface area contributed by atoms with Gasteiger partial charge in [-0.25, -0.2) is 8.78 Å². The molecule has 0 spiro atoms. The fourth-order valence-electron chi connectivity index (χ4n) is 2.43. The number of nitrogens with two attached hydrogens (primary N) is 1. The lowest BCUT2D eigenvalue weighted by atomic mass is 9.89. The Morgan fingerprint density at radius 1 is 1.21 bits per heavy atom. The second kappa shape index (κ2) is 8.23. The Labute approximate surface area is 114 Å². The molecule has 0 saturated carbocycles. The van der Waals surface area contributed by atoms with Gasteiger partial charge in [0.05, 0.1) is 6.04 Å². The summed E-state index contributed by atoms with van der Waals surface area (Å²) < 4.78 is 27.5. The second-order valence-electron chi connectivity index (χ2n) is 5.01. The van der Waals surface area contributed by atoms with E-state index in [4.69, 9.17) is 5.84 Å². The van der Waals surface area contributed by atoms with Gasteiger partial charge in [-0.15, -0.1) is 0 Å². The van der Waals surface area contributed by atoms with Crippen molar-refractivity contribution in [2.75, 3.05) is 0 Å². The molecule has 4 heteroatoms. The van der Waals surface area contributed by atoms with Crippen LogP contribution in [-0.4, -0.2) is 0 Å². The number of hydrazine groups is 1. The molecule has 1 aromatic rings. The summed E-state index contributed by atoms with van der Waals surface area (Å²) in [7, 11) is 0. The van der Waals surface area contributed by atoms with Gasteiger partial charge in [0.2, 0.25) is 0 Å². The van der Waals surface area contributed by atoms with Crippen LogP contribution < -0.4 is 11.3 Å². The molecule has 0 heterocycles. The van der Waals surface area contributed by atoms with Crippen LogP contribution in [0.1, 0.15) is 57.6 Å². The standard InChI is InChI=1S/C15H24F2N2/c1-3-5-7-11(4-2)10-14(19-18)15-12(16)8-6-9-13(15)17/h6,8-9,11,14,19H,3-5,7,10,18H2,1-2H3. The highest BCUT2D eigenvalue weighted by Crippen LogP contribution is 2.29. The number of hydrogen-bond acceptors (Lipinski definition) is 2. The van der Waals surface area contributed by atoms with Crippen molar-refractivity contribution in [3.05, 3.63) is 35.4 Å². The number of hydrogen-bond donors (Lipinski definition) is 2. The predicted molar refractivity (Wildman–Crippen MR) is 74.3 cm³/mol. The van der Waals surface area contributed by atoms with Gasteiger partial charge < -0.3 is 0 Å². The van der Waals surface area contributed by atoms with Crippen LogP contribution in [0.15, 0.2) is 18.2 Å². The molecule has 1 aromatic carbocycles. The third-order valence-corrected chi connectivity index (χ3v) is 3.66. The molecule has 0 aliphatic carbocycles. The normalized spacial score (nSPS) is 14.4. The van der Waals surface area contributed by atoms with Gasteiger partial charge in [0, 0.05) is 5.56 Å². The average Bonchev–Trinajstić information content (AvgIpc) is 2.41. The highest BCUT2D eigenvalue weighted by atomic mass is 19.1. The minimum atomic E-state index is -0.534. The van der Waals surface area contributed by atoms with Gasteiger partial charge in [0.15, 0.2) is 0 Å². The third-order valence-electron chi connectivity index (χ3n) is 3.66. The van der Waals surface area contributed by atoms with Crippen LogP contribution in [0.4, 0.5) is 8.78 Å². The van der Waals surface area contributed by atoms with Crippen molar-refractivity contribution in [1.82, 2.24) is 5.43 Å². The number of rotatable bonds is 8. The summed E-state index contributed by atoms with van der Waals surface area (Å²) in [5, 5.41) is 0. The van der Waals surface area contributed by atoms with Crippen molar-refractivity contribution >= 4 is 0 Å². The van der Waals surface area contributed by atoms with Crippen molar-refractivity contribution < 1.29 is 8.78 Å². The van der Waals surface area contributed by atoms with Crippen molar-refractivity contribution in [2.24, 2.45) is 11.8 Å². The molecule has 2 atom stereocenters. The first-order valence-corrected chi connectivity index (χ1v) is 7.04. The van der Waals surface area contributed by atoms with Crippen molar-refractivity contribution in [2.45, 2.75) is 52.0 Å². The number of nitrogens with one attached hydrogen (secondary N) is 1. The smallest absolute Gasteiger partial charge is 0.130 e. The minimum Gasteiger partial charge on any atom is -0.271 e. The summed E-state index contributed by atoms with van der Waals surface area (Å²) in [6.45, 7) is 4.24. The Bertz CT molecular complexity index is 362. The van der Waals surface area contributed by atoms with Gasteiger partial charge in [-0.1, -0.05) is 45.6 Å². The average molecular weight is 270 g/mol. The van der Waals surface area contributed by atoms with Gasteiger partial charge in [0.25, 0.3) is 0 Å². The van der Waals surface area contributed by atoms with E-state index < -0.39 is 17.7 Å². The quantitative estimate of drug-likeness (QED) is 0.552. The number of unbranched alkanes of at least 4 members (excludes halogenated alkanes) is 1. The summed E-state index contributed by atoms with van der Waals surface area (Å²) >= 11 is 0. The van der Waals surface area contributed by atoms with E-state index in [-0.39, 0.29) is 5.56 Å². The molecule has 0 saturated heterocycles. The van der Waals surface area contributed by atoms with Crippen molar-refractivity contribution in [3.8, 4) is 0 Å². The van der Waals surface area contributed by atoms with E-state index in [9.17, 15) is 8.78 Å². The van der Waals surface area contributed by atoms with Gasteiger partial charge in [-0.3, -0.25) is 11.3 Å². The lowest BCUT2D eigenvalue weighted by molar-refractivity contribution is 0.343. The summed E-state index contributed by atoms with van der Waals surface area (Å²) in [6, 6.07) is 3.45. The lowest BCUT2D eigenvalue weighted by Gasteiger charge is -2.23. The molecule has 0 aliphatic rings. The van der Waals surface area contributed by atoms with Crippen LogP contribution in [0.25, 0.3) is 0 Å². The second-order valence-corrected chi connectivity index (χ2v) is 5.01. The molecule has 2 unspecified atom stereocenters. The largest absolute Gasteiger partial charge is 0.271 e. The van der Waals surface area contributed by atoms with Gasteiger partial charge in [-0.2, -0.15) is 0 Å². The maximum Gasteiger partial charge on any atom is 0.130 e. The Kier molecular flexibility index (Phi) is 6.95. The maximum absolute atomic E-state index is 13.8. The number of benzene rings is 1. The van der Waals surface area contributed by atoms with E-state index in [1.54, 1.807) is 0 Å². The zero-order valence-electron chi connectivity index (χ0n) is 11.8. The fraction of sp³-hybridized carbons (Fsp3) is 0.600. The molecule has 1 rings (SSSR count). The SMILES string of the molecule is CCCCC(CC)CC(NN)c1c(F)cccc1F. The summed E-state index contributed by atoms with van der Waals surface area (Å²) in [4.78, 5) is 0. The number of halogens is 2. The van der Waals surface area contributed by atoms with Crippen LogP contribution in [0.2, 0.25) is 0 Å². The summed E-state index contributed by atoms with van der Waals surface area (Å²) in [5.74, 6) is 4.85. The van der Waals surface area contributed by atoms with E-state index >= 15 is 0 Å². The monoisotopic (exact) mass is 270 g/mol. The van der Waals surface area contributed by atoms with E-state index in [0.29, 0.717) is 12.3 Å². The molecule has 3 N–H and O–H groups in total. The topological polar surface area (TPSA) is 38.0 Å². The first-order chi connectivity index (χ1) is 9.13. The molecule has 0 amide bonds. The van der Waals surface area contributed by atoms with Gasteiger partial charge in [0.1, 0.15) is 11.6 Å². The van der Waals surface area contributed by atoms with Crippen LogP contribution in [0.3, 0.4) is 0 Å². The molecular formula is C15H24F2N2. The molecule has 108 valence electrons. The first kappa shape index (κ1) is 16.1. The van der Waals surface area contributed by atoms with Gasteiger partial charge in [-0.05, 0) is 24.5 Å². The molecule has 0 aliphatic heterocycles. The molecule has 0 bridgehead atoms. The molecule has 0 aromatic heterocycles. The van der Waals surface area contributed by atoms with E-state index in [0.717, 1.165) is 25.7 Å². The lowest BCUT2D eigenvalue weighted by Crippen LogP contribution is -2.31. The van der Waals surface area contributed by atoms with E-state index in [2.05, 4.69) is 19.3 Å². The Balaban J connectivity index is 2.82. The summed E-state index contributed by atoms with van der Waals surface area (Å²) in [5.41, 5.74) is 2.62. The van der Waals surface area contributed by atoms with Crippen LogP contribution >= 0.6 is 0 Å². The molecule has 0 radical (unpaired) electrons. The molecule has 2 nitrogen and oxygen atoms in total. The zero-order chi connectivity index (χ0) is 14.3. The van der Waals surface area contributed by atoms with Crippen LogP contribution in [0, 0.1) is 17.6 Å². The highest BCUT2D eigenvalue weighted by Gasteiger charge is 2.22.